The van der Waals surface area contributed by atoms with E-state index in [0.29, 0.717) is 24.0 Å². The number of rotatable bonds is 5. The van der Waals surface area contributed by atoms with Crippen LogP contribution in [-0.2, 0) is 16.4 Å². The third kappa shape index (κ3) is 3.78. The Kier molecular flexibility index (Phi) is 4.58. The summed E-state index contributed by atoms with van der Waals surface area (Å²) in [5.41, 5.74) is -0.0515. The summed E-state index contributed by atoms with van der Waals surface area (Å²) in [6.07, 6.45) is 1.45. The summed E-state index contributed by atoms with van der Waals surface area (Å²) in [6.45, 7) is 2.29. The van der Waals surface area contributed by atoms with Gasteiger partial charge in [-0.2, -0.15) is 0 Å². The monoisotopic (exact) mass is 391 g/mol. The quantitative estimate of drug-likeness (QED) is 0.784. The summed E-state index contributed by atoms with van der Waals surface area (Å²) in [6, 6.07) is 9.04. The van der Waals surface area contributed by atoms with Crippen molar-refractivity contribution in [3.63, 3.8) is 0 Å². The van der Waals surface area contributed by atoms with Crippen LogP contribution in [-0.4, -0.2) is 36.8 Å². The molecule has 1 aromatic carbocycles. The molecule has 2 aromatic rings. The van der Waals surface area contributed by atoms with Crippen molar-refractivity contribution in [3.8, 4) is 0 Å². The van der Waals surface area contributed by atoms with Crippen molar-refractivity contribution in [2.24, 2.45) is 5.92 Å². The van der Waals surface area contributed by atoms with Gasteiger partial charge in [0, 0.05) is 12.0 Å². The molecule has 4 rings (SSSR count). The van der Waals surface area contributed by atoms with E-state index < -0.39 is 27.6 Å². The molecule has 2 heterocycles. The Morgan fingerprint density at radius 3 is 2.63 bits per heavy atom. The fourth-order valence-electron chi connectivity index (χ4n) is 3.74. The largest absolute Gasteiger partial charge is 0.464 e. The first kappa shape index (κ1) is 18.2. The smallest absolute Gasteiger partial charge is 0.257 e. The van der Waals surface area contributed by atoms with Gasteiger partial charge in [0.25, 0.3) is 5.91 Å². The van der Waals surface area contributed by atoms with E-state index in [1.165, 1.54) is 23.1 Å². The first-order chi connectivity index (χ1) is 12.8. The molecule has 5 nitrogen and oxygen atoms in total. The van der Waals surface area contributed by atoms with Gasteiger partial charge in [-0.25, -0.2) is 12.8 Å². The van der Waals surface area contributed by atoms with Gasteiger partial charge in [-0.15, -0.1) is 0 Å². The average Bonchev–Trinajstić information content (AvgIpc) is 3.02. The molecule has 2 fully saturated rings. The third-order valence-corrected chi connectivity index (χ3v) is 7.25. The Morgan fingerprint density at radius 2 is 2.00 bits per heavy atom. The molecular weight excluding hydrogens is 369 g/mol. The maximum Gasteiger partial charge on any atom is 0.257 e. The van der Waals surface area contributed by atoms with Crippen LogP contribution in [0.15, 0.2) is 40.8 Å². The Bertz CT molecular complexity index is 968. The van der Waals surface area contributed by atoms with Crippen LogP contribution in [0.2, 0.25) is 0 Å². The van der Waals surface area contributed by atoms with Gasteiger partial charge in [0.1, 0.15) is 17.3 Å². The van der Waals surface area contributed by atoms with E-state index in [0.717, 1.165) is 12.2 Å². The van der Waals surface area contributed by atoms with Crippen LogP contribution in [0.25, 0.3) is 0 Å². The van der Waals surface area contributed by atoms with Crippen molar-refractivity contribution in [3.05, 3.63) is 59.3 Å². The van der Waals surface area contributed by atoms with Crippen molar-refractivity contribution in [2.45, 2.75) is 38.3 Å². The Balaban J connectivity index is 1.61. The van der Waals surface area contributed by atoms with Crippen LogP contribution >= 0.6 is 0 Å². The van der Waals surface area contributed by atoms with E-state index in [1.54, 1.807) is 6.07 Å². The number of furan rings is 1. The molecule has 7 heteroatoms. The first-order valence-electron chi connectivity index (χ1n) is 9.18. The van der Waals surface area contributed by atoms with E-state index in [4.69, 9.17) is 4.42 Å². The summed E-state index contributed by atoms with van der Waals surface area (Å²) in [5, 5.41) is 0. The van der Waals surface area contributed by atoms with Gasteiger partial charge in [-0.05, 0) is 43.0 Å². The molecule has 2 aliphatic rings. The second-order valence-electron chi connectivity index (χ2n) is 7.59. The number of halogens is 1. The maximum atomic E-state index is 14.2. The van der Waals surface area contributed by atoms with Gasteiger partial charge in [0.2, 0.25) is 0 Å². The zero-order valence-corrected chi connectivity index (χ0v) is 15.9. The molecule has 0 N–H and O–H groups in total. The molecule has 1 saturated carbocycles. The first-order valence-corrected chi connectivity index (χ1v) is 11.0. The lowest BCUT2D eigenvalue weighted by molar-refractivity contribution is 0.0660. The SMILES string of the molecule is CC1CC1c1ccc(CN(C(=O)c2ccccc2F)C2CCS(=O)(=O)C2)o1. The molecule has 1 amide bonds. The normalized spacial score (nSPS) is 26.1. The van der Waals surface area contributed by atoms with Gasteiger partial charge < -0.3 is 9.32 Å². The lowest BCUT2D eigenvalue weighted by atomic mass is 10.1. The number of benzene rings is 1. The lowest BCUT2D eigenvalue weighted by Gasteiger charge is -2.27. The Hall–Kier alpha value is -2.15. The molecule has 1 aliphatic heterocycles. The molecule has 1 saturated heterocycles. The highest BCUT2D eigenvalue weighted by Gasteiger charge is 2.38. The molecule has 1 aromatic heterocycles. The number of hydrogen-bond acceptors (Lipinski definition) is 4. The number of hydrogen-bond donors (Lipinski definition) is 0. The van der Waals surface area contributed by atoms with E-state index in [-0.39, 0.29) is 23.6 Å². The second-order valence-corrected chi connectivity index (χ2v) is 9.82. The fraction of sp³-hybridized carbons (Fsp3) is 0.450. The highest BCUT2D eigenvalue weighted by Crippen LogP contribution is 2.47. The van der Waals surface area contributed by atoms with Gasteiger partial charge in [0.15, 0.2) is 9.84 Å². The fourth-order valence-corrected chi connectivity index (χ4v) is 5.47. The van der Waals surface area contributed by atoms with Crippen molar-refractivity contribution in [2.75, 3.05) is 11.5 Å². The summed E-state index contributed by atoms with van der Waals surface area (Å²) in [5.74, 6) is 1.34. The lowest BCUT2D eigenvalue weighted by Crippen LogP contribution is -2.40. The molecule has 0 radical (unpaired) electrons. The van der Waals surface area contributed by atoms with Gasteiger partial charge in [-0.3, -0.25) is 4.79 Å². The minimum absolute atomic E-state index is 0.0434. The van der Waals surface area contributed by atoms with Crippen molar-refractivity contribution >= 4 is 15.7 Å². The molecule has 3 atom stereocenters. The topological polar surface area (TPSA) is 67.6 Å². The minimum atomic E-state index is -3.18. The number of sulfone groups is 1. The number of nitrogens with zero attached hydrogens (tertiary/aromatic N) is 1. The zero-order chi connectivity index (χ0) is 19.2. The third-order valence-electron chi connectivity index (χ3n) is 5.50. The molecular formula is C20H22FNO4S. The second kappa shape index (κ2) is 6.78. The zero-order valence-electron chi connectivity index (χ0n) is 15.1. The van der Waals surface area contributed by atoms with Crippen LogP contribution in [0.1, 0.15) is 47.6 Å². The molecule has 144 valence electrons. The number of carbonyl (C=O) groups excluding carboxylic acids is 1. The summed E-state index contributed by atoms with van der Waals surface area (Å²) in [4.78, 5) is 14.5. The summed E-state index contributed by atoms with van der Waals surface area (Å²) >= 11 is 0. The van der Waals surface area contributed by atoms with Crippen LogP contribution in [0.5, 0.6) is 0 Å². The van der Waals surface area contributed by atoms with Crippen LogP contribution in [0.4, 0.5) is 4.39 Å². The van der Waals surface area contributed by atoms with E-state index >= 15 is 0 Å². The van der Waals surface area contributed by atoms with Gasteiger partial charge in [0.05, 0.1) is 23.6 Å². The Morgan fingerprint density at radius 1 is 1.26 bits per heavy atom. The van der Waals surface area contributed by atoms with Crippen LogP contribution < -0.4 is 0 Å². The predicted octanol–water partition coefficient (Wildman–Crippen LogP) is 3.37. The molecule has 0 bridgehead atoms. The van der Waals surface area contributed by atoms with Gasteiger partial charge in [-0.1, -0.05) is 19.1 Å². The summed E-state index contributed by atoms with van der Waals surface area (Å²) in [7, 11) is -3.18. The minimum Gasteiger partial charge on any atom is -0.464 e. The van der Waals surface area contributed by atoms with Crippen LogP contribution in [0.3, 0.4) is 0 Å². The van der Waals surface area contributed by atoms with E-state index in [1.807, 2.05) is 12.1 Å². The average molecular weight is 391 g/mol. The van der Waals surface area contributed by atoms with E-state index in [9.17, 15) is 17.6 Å². The Labute approximate surface area is 158 Å². The number of amides is 1. The predicted molar refractivity (Wildman–Crippen MR) is 98.6 cm³/mol. The molecule has 0 spiro atoms. The summed E-state index contributed by atoms with van der Waals surface area (Å²) < 4.78 is 43.9. The standard InChI is InChI=1S/C20H22FNO4S/c1-13-10-17(13)19-7-6-15(26-19)11-22(14-8-9-27(24,25)12-14)20(23)16-4-2-3-5-18(16)21/h2-7,13-14,17H,8-12H2,1H3. The van der Waals surface area contributed by atoms with Crippen molar-refractivity contribution in [1.29, 1.82) is 0 Å². The maximum absolute atomic E-state index is 14.2. The number of carbonyl (C=O) groups is 1. The van der Waals surface area contributed by atoms with Crippen molar-refractivity contribution in [1.82, 2.24) is 4.90 Å². The van der Waals surface area contributed by atoms with E-state index in [2.05, 4.69) is 6.92 Å². The van der Waals surface area contributed by atoms with Gasteiger partial charge >= 0.3 is 0 Å². The molecule has 27 heavy (non-hydrogen) atoms. The van der Waals surface area contributed by atoms with Crippen LogP contribution in [0, 0.1) is 11.7 Å². The molecule has 1 aliphatic carbocycles. The highest BCUT2D eigenvalue weighted by molar-refractivity contribution is 7.91. The van der Waals surface area contributed by atoms with Crippen molar-refractivity contribution < 1.29 is 22.0 Å². The molecule has 3 unspecified atom stereocenters. The highest BCUT2D eigenvalue weighted by atomic mass is 32.2.